The summed E-state index contributed by atoms with van der Waals surface area (Å²) in [4.78, 5) is 6.90. The van der Waals surface area contributed by atoms with Crippen molar-refractivity contribution in [3.05, 3.63) is 72.4 Å². The van der Waals surface area contributed by atoms with Crippen molar-refractivity contribution in [3.8, 4) is 34.8 Å². The molecule has 206 valence electrons. The second-order valence-corrected chi connectivity index (χ2v) is 9.27. The first-order chi connectivity index (χ1) is 19.7. The lowest BCUT2D eigenvalue weighted by Gasteiger charge is -2.26. The number of methoxy groups -OCH3 is 2. The Hall–Kier alpha value is -4.52. The number of fused-ring (bicyclic) bond motifs is 1. The fourth-order valence-electron chi connectivity index (χ4n) is 4.54. The highest BCUT2D eigenvalue weighted by Gasteiger charge is 2.15. The van der Waals surface area contributed by atoms with Crippen LogP contribution in [0.15, 0.2) is 66.9 Å². The maximum absolute atomic E-state index is 9.81. The minimum atomic E-state index is 0.422. The molecule has 0 bridgehead atoms. The van der Waals surface area contributed by atoms with Gasteiger partial charge < -0.3 is 29.0 Å². The van der Waals surface area contributed by atoms with Crippen molar-refractivity contribution < 1.29 is 23.7 Å². The predicted molar refractivity (Wildman–Crippen MR) is 153 cm³/mol. The van der Waals surface area contributed by atoms with Crippen molar-refractivity contribution in [2.75, 3.05) is 59.0 Å². The molecule has 9 nitrogen and oxygen atoms in total. The number of hydrogen-bond acceptors (Lipinski definition) is 9. The Balaban J connectivity index is 1.31. The summed E-state index contributed by atoms with van der Waals surface area (Å²) in [5.74, 6) is 3.29. The molecule has 1 aromatic heterocycles. The van der Waals surface area contributed by atoms with Gasteiger partial charge in [0, 0.05) is 49.0 Å². The van der Waals surface area contributed by atoms with Crippen LogP contribution < -0.4 is 24.3 Å². The summed E-state index contributed by atoms with van der Waals surface area (Å²) in [6.45, 7) is 5.00. The number of benzene rings is 3. The summed E-state index contributed by atoms with van der Waals surface area (Å²) in [6, 6.07) is 20.9. The summed E-state index contributed by atoms with van der Waals surface area (Å²) in [7, 11) is 3.23. The van der Waals surface area contributed by atoms with Gasteiger partial charge in [0.1, 0.15) is 23.3 Å². The van der Waals surface area contributed by atoms with E-state index >= 15 is 0 Å². The third-order valence-electron chi connectivity index (χ3n) is 6.65. The Labute approximate surface area is 233 Å². The van der Waals surface area contributed by atoms with E-state index in [0.29, 0.717) is 46.4 Å². The number of hydrogen-bond donors (Lipinski definition) is 1. The van der Waals surface area contributed by atoms with E-state index in [0.717, 1.165) is 56.1 Å². The molecule has 0 spiro atoms. The molecule has 1 aliphatic rings. The molecule has 0 radical (unpaired) electrons. The van der Waals surface area contributed by atoms with Gasteiger partial charge in [0.05, 0.1) is 50.8 Å². The molecule has 0 amide bonds. The third kappa shape index (κ3) is 6.54. The second kappa shape index (κ2) is 13.0. The van der Waals surface area contributed by atoms with Crippen molar-refractivity contribution in [2.45, 2.75) is 6.42 Å². The van der Waals surface area contributed by atoms with Crippen LogP contribution >= 0.6 is 0 Å². The fraction of sp³-hybridized carbons (Fsp3) is 0.290. The van der Waals surface area contributed by atoms with E-state index in [1.54, 1.807) is 20.4 Å². The minimum Gasteiger partial charge on any atom is -0.497 e. The molecule has 0 atom stereocenters. The van der Waals surface area contributed by atoms with Crippen molar-refractivity contribution in [3.63, 3.8) is 0 Å². The van der Waals surface area contributed by atoms with Crippen LogP contribution in [0, 0.1) is 11.3 Å². The first-order valence-corrected chi connectivity index (χ1v) is 13.2. The average Bonchev–Trinajstić information content (AvgIpc) is 3.00. The number of nitrogens with zero attached hydrogens (tertiary/aromatic N) is 3. The van der Waals surface area contributed by atoms with E-state index in [4.69, 9.17) is 23.7 Å². The standard InChI is InChI=1S/C31H32N4O5/c1-36-25-5-3-6-26(17-25)40-24-9-7-23(8-10-24)34-31-22(20-32)21-33-28-19-30(29(37-2)18-27(28)31)39-14-4-11-35-12-15-38-16-13-35/h3,5-10,17-19,21H,4,11-16H2,1-2H3,(H,33,34). The highest BCUT2D eigenvalue weighted by atomic mass is 16.5. The molecular formula is C31H32N4O5. The van der Waals surface area contributed by atoms with Crippen LogP contribution in [0.25, 0.3) is 10.9 Å². The van der Waals surface area contributed by atoms with Gasteiger partial charge in [-0.1, -0.05) is 6.07 Å². The molecule has 3 aromatic carbocycles. The maximum Gasteiger partial charge on any atom is 0.163 e. The minimum absolute atomic E-state index is 0.422. The Morgan fingerprint density at radius 1 is 0.950 bits per heavy atom. The van der Waals surface area contributed by atoms with Gasteiger partial charge in [0.25, 0.3) is 0 Å². The first-order valence-electron chi connectivity index (χ1n) is 13.2. The van der Waals surface area contributed by atoms with Gasteiger partial charge in [0.15, 0.2) is 11.5 Å². The lowest BCUT2D eigenvalue weighted by molar-refractivity contribution is 0.0357. The molecule has 40 heavy (non-hydrogen) atoms. The molecule has 0 saturated carbocycles. The molecule has 4 aromatic rings. The number of nitriles is 1. The number of anilines is 2. The zero-order chi connectivity index (χ0) is 27.7. The van der Waals surface area contributed by atoms with Crippen LogP contribution in [-0.2, 0) is 4.74 Å². The van der Waals surface area contributed by atoms with Gasteiger partial charge in [-0.15, -0.1) is 0 Å². The molecule has 0 unspecified atom stereocenters. The predicted octanol–water partition coefficient (Wildman–Crippen LogP) is 5.76. The Bertz CT molecular complexity index is 1480. The number of morpholine rings is 1. The normalized spacial score (nSPS) is 13.4. The highest BCUT2D eigenvalue weighted by molar-refractivity contribution is 5.97. The number of rotatable bonds is 11. The zero-order valence-electron chi connectivity index (χ0n) is 22.7. The Morgan fingerprint density at radius 3 is 2.50 bits per heavy atom. The summed E-state index contributed by atoms with van der Waals surface area (Å²) in [6.07, 6.45) is 2.46. The van der Waals surface area contributed by atoms with Crippen molar-refractivity contribution >= 4 is 22.3 Å². The van der Waals surface area contributed by atoms with Crippen LogP contribution in [-0.4, -0.2) is 63.6 Å². The van der Waals surface area contributed by atoms with Crippen LogP contribution in [0.5, 0.6) is 28.7 Å². The summed E-state index contributed by atoms with van der Waals surface area (Å²) >= 11 is 0. The van der Waals surface area contributed by atoms with Gasteiger partial charge in [-0.2, -0.15) is 5.26 Å². The SMILES string of the molecule is COc1cccc(Oc2ccc(Nc3c(C#N)cnc4cc(OCCCN5CCOCC5)c(OC)cc34)cc2)c1. The third-order valence-corrected chi connectivity index (χ3v) is 6.65. The zero-order valence-corrected chi connectivity index (χ0v) is 22.7. The molecule has 5 rings (SSSR count). The lowest BCUT2D eigenvalue weighted by Crippen LogP contribution is -2.37. The molecule has 9 heteroatoms. The van der Waals surface area contributed by atoms with Gasteiger partial charge in [-0.05, 0) is 48.9 Å². The van der Waals surface area contributed by atoms with Crippen LogP contribution in [0.1, 0.15) is 12.0 Å². The Kier molecular flexibility index (Phi) is 8.81. The van der Waals surface area contributed by atoms with Gasteiger partial charge in [-0.3, -0.25) is 9.88 Å². The molecule has 1 fully saturated rings. The summed E-state index contributed by atoms with van der Waals surface area (Å²) < 4.78 is 28.4. The number of pyridine rings is 1. The number of nitrogens with one attached hydrogen (secondary N) is 1. The second-order valence-electron chi connectivity index (χ2n) is 9.27. The molecule has 1 aliphatic heterocycles. The molecule has 2 heterocycles. The van der Waals surface area contributed by atoms with Crippen LogP contribution in [0.3, 0.4) is 0 Å². The summed E-state index contributed by atoms with van der Waals surface area (Å²) in [5.41, 5.74) is 2.56. The van der Waals surface area contributed by atoms with Crippen molar-refractivity contribution in [1.29, 1.82) is 5.26 Å². The largest absolute Gasteiger partial charge is 0.497 e. The van der Waals surface area contributed by atoms with E-state index in [-0.39, 0.29) is 0 Å². The molecule has 1 N–H and O–H groups in total. The first kappa shape index (κ1) is 27.1. The van der Waals surface area contributed by atoms with E-state index in [1.165, 1.54) is 0 Å². The number of aromatic nitrogens is 1. The van der Waals surface area contributed by atoms with Crippen molar-refractivity contribution in [2.24, 2.45) is 0 Å². The van der Waals surface area contributed by atoms with Gasteiger partial charge >= 0.3 is 0 Å². The molecule has 1 saturated heterocycles. The fourth-order valence-corrected chi connectivity index (χ4v) is 4.54. The van der Waals surface area contributed by atoms with E-state index < -0.39 is 0 Å². The Morgan fingerprint density at radius 2 is 1.75 bits per heavy atom. The van der Waals surface area contributed by atoms with Crippen LogP contribution in [0.2, 0.25) is 0 Å². The van der Waals surface area contributed by atoms with Crippen LogP contribution in [0.4, 0.5) is 11.4 Å². The smallest absolute Gasteiger partial charge is 0.163 e. The van der Waals surface area contributed by atoms with Crippen molar-refractivity contribution in [1.82, 2.24) is 9.88 Å². The van der Waals surface area contributed by atoms with E-state index in [1.807, 2.05) is 60.7 Å². The van der Waals surface area contributed by atoms with Gasteiger partial charge in [-0.25, -0.2) is 0 Å². The average molecular weight is 541 g/mol. The van der Waals surface area contributed by atoms with Gasteiger partial charge in [0.2, 0.25) is 0 Å². The molecule has 0 aliphatic carbocycles. The molecular weight excluding hydrogens is 508 g/mol. The highest BCUT2D eigenvalue weighted by Crippen LogP contribution is 2.37. The van der Waals surface area contributed by atoms with E-state index in [9.17, 15) is 5.26 Å². The number of ether oxygens (including phenoxy) is 5. The monoisotopic (exact) mass is 540 g/mol. The topological polar surface area (TPSA) is 98.1 Å². The maximum atomic E-state index is 9.81. The summed E-state index contributed by atoms with van der Waals surface area (Å²) in [5, 5.41) is 14.0. The lowest BCUT2D eigenvalue weighted by atomic mass is 10.1. The van der Waals surface area contributed by atoms with E-state index in [2.05, 4.69) is 21.3 Å². The quantitative estimate of drug-likeness (QED) is 0.238.